The minimum atomic E-state index is -0.216. The zero-order valence-electron chi connectivity index (χ0n) is 15.4. The fraction of sp³-hybridized carbons (Fsp3) is 0.227. The van der Waals surface area contributed by atoms with Crippen LogP contribution in [0, 0.1) is 5.82 Å². The number of carbonyl (C=O) groups excluding carboxylic acids is 1. The summed E-state index contributed by atoms with van der Waals surface area (Å²) in [5.41, 5.74) is 3.12. The molecule has 0 saturated carbocycles. The van der Waals surface area contributed by atoms with E-state index in [1.165, 1.54) is 18.0 Å². The number of para-hydroxylation sites is 1. The van der Waals surface area contributed by atoms with Crippen LogP contribution in [0.15, 0.2) is 60.9 Å². The van der Waals surface area contributed by atoms with Crippen molar-refractivity contribution >= 4 is 17.4 Å². The van der Waals surface area contributed by atoms with Gasteiger partial charge in [-0.3, -0.25) is 4.79 Å². The maximum absolute atomic E-state index is 13.7. The lowest BCUT2D eigenvalue weighted by Gasteiger charge is -2.29. The summed E-state index contributed by atoms with van der Waals surface area (Å²) < 4.78 is 13.7. The third-order valence-electron chi connectivity index (χ3n) is 4.90. The summed E-state index contributed by atoms with van der Waals surface area (Å²) in [4.78, 5) is 23.1. The number of hydrogen-bond acceptors (Lipinski definition) is 4. The Morgan fingerprint density at radius 3 is 2.82 bits per heavy atom. The molecule has 1 amide bonds. The van der Waals surface area contributed by atoms with Gasteiger partial charge in [0.25, 0.3) is 5.91 Å². The van der Waals surface area contributed by atoms with Crippen LogP contribution in [0.3, 0.4) is 0 Å². The fourth-order valence-corrected chi connectivity index (χ4v) is 3.48. The molecule has 4 rings (SSSR count). The molecule has 0 fully saturated rings. The summed E-state index contributed by atoms with van der Waals surface area (Å²) in [6.45, 7) is 1.19. The molecule has 0 spiro atoms. The van der Waals surface area contributed by atoms with Crippen LogP contribution in [-0.4, -0.2) is 29.0 Å². The highest BCUT2D eigenvalue weighted by molar-refractivity contribution is 6.05. The third kappa shape index (κ3) is 3.86. The number of hydrogen-bond donors (Lipinski definition) is 1. The Kier molecular flexibility index (Phi) is 5.28. The molecule has 0 unspecified atom stereocenters. The van der Waals surface area contributed by atoms with Crippen molar-refractivity contribution < 1.29 is 9.18 Å². The number of amides is 1. The van der Waals surface area contributed by atoms with Crippen LogP contribution < -0.4 is 10.2 Å². The minimum absolute atomic E-state index is 0.133. The van der Waals surface area contributed by atoms with Gasteiger partial charge in [-0.15, -0.1) is 0 Å². The Morgan fingerprint density at radius 1 is 1.11 bits per heavy atom. The largest absolute Gasteiger partial charge is 0.370 e. The first kappa shape index (κ1) is 18.1. The van der Waals surface area contributed by atoms with Gasteiger partial charge in [0.1, 0.15) is 23.7 Å². The first-order valence-corrected chi connectivity index (χ1v) is 9.41. The van der Waals surface area contributed by atoms with Gasteiger partial charge in [0.2, 0.25) is 0 Å². The number of carbonyl (C=O) groups is 1. The summed E-state index contributed by atoms with van der Waals surface area (Å²) in [6, 6.07) is 16.3. The molecule has 2 aromatic carbocycles. The van der Waals surface area contributed by atoms with Crippen molar-refractivity contribution in [3.8, 4) is 0 Å². The van der Waals surface area contributed by atoms with Gasteiger partial charge in [-0.05, 0) is 42.5 Å². The summed E-state index contributed by atoms with van der Waals surface area (Å²) in [6.07, 6.45) is 3.82. The van der Waals surface area contributed by atoms with Gasteiger partial charge in [-0.25, -0.2) is 14.4 Å². The van der Waals surface area contributed by atoms with E-state index in [1.807, 2.05) is 24.3 Å². The average Bonchev–Trinajstić information content (AvgIpc) is 2.74. The van der Waals surface area contributed by atoms with Crippen LogP contribution in [0.2, 0.25) is 0 Å². The van der Waals surface area contributed by atoms with Crippen LogP contribution in [0.1, 0.15) is 28.0 Å². The summed E-state index contributed by atoms with van der Waals surface area (Å²) >= 11 is 0. The molecule has 3 aromatic rings. The number of aryl methyl sites for hydroxylation is 1. The van der Waals surface area contributed by atoms with Gasteiger partial charge < -0.3 is 10.2 Å². The highest BCUT2D eigenvalue weighted by Gasteiger charge is 2.24. The molecule has 0 radical (unpaired) electrons. The van der Waals surface area contributed by atoms with Crippen molar-refractivity contribution in [1.82, 2.24) is 9.97 Å². The standard InChI is InChI=1S/C22H21FN4O/c23-18-9-3-1-6-16(18)11-12-24-21-14-19(25-15-26-21)22(28)27-13-5-8-17-7-2-4-10-20(17)27/h1-4,6-7,9-10,14-15H,5,8,11-13H2,(H,24,25,26). The van der Waals surface area contributed by atoms with Crippen LogP contribution >= 0.6 is 0 Å². The number of fused-ring (bicyclic) bond motifs is 1. The van der Waals surface area contributed by atoms with Gasteiger partial charge in [0, 0.05) is 24.8 Å². The Hall–Kier alpha value is -3.28. The van der Waals surface area contributed by atoms with E-state index >= 15 is 0 Å². The van der Waals surface area contributed by atoms with Crippen molar-refractivity contribution in [1.29, 1.82) is 0 Å². The van der Waals surface area contributed by atoms with Crippen molar-refractivity contribution in [2.24, 2.45) is 0 Å². The van der Waals surface area contributed by atoms with E-state index < -0.39 is 0 Å². The topological polar surface area (TPSA) is 58.1 Å². The van der Waals surface area contributed by atoms with E-state index in [0.29, 0.717) is 36.6 Å². The number of halogens is 1. The Labute approximate surface area is 163 Å². The molecule has 0 atom stereocenters. The summed E-state index contributed by atoms with van der Waals surface area (Å²) in [5, 5.41) is 3.15. The van der Waals surface area contributed by atoms with Gasteiger partial charge in [-0.2, -0.15) is 0 Å². The van der Waals surface area contributed by atoms with E-state index in [0.717, 1.165) is 18.5 Å². The second kappa shape index (κ2) is 8.17. The highest BCUT2D eigenvalue weighted by Crippen LogP contribution is 2.27. The number of rotatable bonds is 5. The quantitative estimate of drug-likeness (QED) is 0.735. The van der Waals surface area contributed by atoms with Gasteiger partial charge in [-0.1, -0.05) is 36.4 Å². The number of nitrogens with zero attached hydrogens (tertiary/aromatic N) is 3. The molecule has 2 heterocycles. The van der Waals surface area contributed by atoms with E-state index in [1.54, 1.807) is 23.1 Å². The maximum atomic E-state index is 13.7. The predicted molar refractivity (Wildman–Crippen MR) is 107 cm³/mol. The van der Waals surface area contributed by atoms with Crippen molar-refractivity contribution in [3.63, 3.8) is 0 Å². The van der Waals surface area contributed by atoms with Crippen LogP contribution in [0.4, 0.5) is 15.9 Å². The molecule has 1 aromatic heterocycles. The molecule has 1 aliphatic heterocycles. The Morgan fingerprint density at radius 2 is 1.93 bits per heavy atom. The zero-order chi connectivity index (χ0) is 19.3. The van der Waals surface area contributed by atoms with E-state index in [-0.39, 0.29) is 11.7 Å². The van der Waals surface area contributed by atoms with Crippen LogP contribution in [0.5, 0.6) is 0 Å². The monoisotopic (exact) mass is 376 g/mol. The SMILES string of the molecule is O=C(c1cc(NCCc2ccccc2F)ncn1)N1CCCc2ccccc21. The number of aromatic nitrogens is 2. The molecule has 0 bridgehead atoms. The van der Waals surface area contributed by atoms with Crippen molar-refractivity contribution in [3.05, 3.63) is 83.6 Å². The Bertz CT molecular complexity index is 992. The first-order chi connectivity index (χ1) is 13.7. The molecule has 0 saturated heterocycles. The van der Waals surface area contributed by atoms with Crippen LogP contribution in [0.25, 0.3) is 0 Å². The van der Waals surface area contributed by atoms with Crippen LogP contribution in [-0.2, 0) is 12.8 Å². The van der Waals surface area contributed by atoms with Crippen molar-refractivity contribution in [2.45, 2.75) is 19.3 Å². The molecular formula is C22H21FN4O. The lowest BCUT2D eigenvalue weighted by molar-refractivity contribution is 0.0980. The Balaban J connectivity index is 1.45. The summed E-state index contributed by atoms with van der Waals surface area (Å²) in [5.74, 6) is 0.207. The normalized spacial score (nSPS) is 13.1. The van der Waals surface area contributed by atoms with Crippen molar-refractivity contribution in [2.75, 3.05) is 23.3 Å². The van der Waals surface area contributed by atoms with Gasteiger partial charge in [0.05, 0.1) is 0 Å². The number of anilines is 2. The van der Waals surface area contributed by atoms with E-state index in [9.17, 15) is 9.18 Å². The maximum Gasteiger partial charge on any atom is 0.277 e. The molecule has 1 N–H and O–H groups in total. The molecule has 6 heteroatoms. The first-order valence-electron chi connectivity index (χ1n) is 9.41. The molecule has 28 heavy (non-hydrogen) atoms. The van der Waals surface area contributed by atoms with Gasteiger partial charge >= 0.3 is 0 Å². The fourth-order valence-electron chi connectivity index (χ4n) is 3.48. The molecule has 142 valence electrons. The van der Waals surface area contributed by atoms with Gasteiger partial charge in [0.15, 0.2) is 0 Å². The third-order valence-corrected chi connectivity index (χ3v) is 4.90. The number of nitrogens with one attached hydrogen (secondary N) is 1. The average molecular weight is 376 g/mol. The molecule has 5 nitrogen and oxygen atoms in total. The number of benzene rings is 2. The lowest BCUT2D eigenvalue weighted by atomic mass is 10.0. The molecular weight excluding hydrogens is 355 g/mol. The second-order valence-corrected chi connectivity index (χ2v) is 6.75. The smallest absolute Gasteiger partial charge is 0.277 e. The predicted octanol–water partition coefficient (Wildman–Crippen LogP) is 3.86. The lowest BCUT2D eigenvalue weighted by Crippen LogP contribution is -2.36. The van der Waals surface area contributed by atoms with E-state index in [4.69, 9.17) is 0 Å². The second-order valence-electron chi connectivity index (χ2n) is 6.75. The summed E-state index contributed by atoms with van der Waals surface area (Å²) in [7, 11) is 0. The zero-order valence-corrected chi connectivity index (χ0v) is 15.4. The molecule has 1 aliphatic rings. The highest BCUT2D eigenvalue weighted by atomic mass is 19.1. The minimum Gasteiger partial charge on any atom is -0.370 e. The molecule has 0 aliphatic carbocycles. The van der Waals surface area contributed by atoms with E-state index in [2.05, 4.69) is 21.4 Å².